The van der Waals surface area contributed by atoms with Gasteiger partial charge in [0.1, 0.15) is 11.4 Å². The number of carbonyl (C=O) groups is 1. The second-order valence-corrected chi connectivity index (χ2v) is 6.14. The number of aromatic nitrogens is 4. The van der Waals surface area contributed by atoms with Gasteiger partial charge >= 0.3 is 6.18 Å². The third kappa shape index (κ3) is 4.70. The van der Waals surface area contributed by atoms with Gasteiger partial charge in [-0.1, -0.05) is 6.07 Å². The van der Waals surface area contributed by atoms with Crippen molar-refractivity contribution in [3.05, 3.63) is 65.2 Å². The van der Waals surface area contributed by atoms with Crippen LogP contribution in [0.25, 0.3) is 0 Å². The summed E-state index contributed by atoms with van der Waals surface area (Å²) in [7, 11) is 1.80. The maximum Gasteiger partial charge on any atom is 0.416 e. The summed E-state index contributed by atoms with van der Waals surface area (Å²) in [5, 5.41) is 11.0. The number of benzene rings is 1. The SMILES string of the molecule is Cc1nn(C)cc1CNC(=O)c1ccn(COc2cccc(C(F)(F)F)c2)n1. The van der Waals surface area contributed by atoms with Crippen LogP contribution in [-0.2, 0) is 26.5 Å². The topological polar surface area (TPSA) is 74.0 Å². The fourth-order valence-corrected chi connectivity index (χ4v) is 2.55. The Balaban J connectivity index is 1.56. The zero-order chi connectivity index (χ0) is 20.3. The molecule has 1 N–H and O–H groups in total. The van der Waals surface area contributed by atoms with E-state index in [-0.39, 0.29) is 24.1 Å². The lowest BCUT2D eigenvalue weighted by atomic mass is 10.2. The van der Waals surface area contributed by atoms with Crippen molar-refractivity contribution in [1.29, 1.82) is 0 Å². The number of amides is 1. The van der Waals surface area contributed by atoms with Crippen LogP contribution in [-0.4, -0.2) is 25.5 Å². The summed E-state index contributed by atoms with van der Waals surface area (Å²) < 4.78 is 46.5. The van der Waals surface area contributed by atoms with Gasteiger partial charge in [-0.25, -0.2) is 4.68 Å². The normalized spacial score (nSPS) is 11.5. The minimum absolute atomic E-state index is 0.0587. The Kier molecular flexibility index (Phi) is 5.39. The van der Waals surface area contributed by atoms with E-state index >= 15 is 0 Å². The van der Waals surface area contributed by atoms with Crippen LogP contribution in [0.2, 0.25) is 0 Å². The lowest BCUT2D eigenvalue weighted by Crippen LogP contribution is -2.23. The number of nitrogens with one attached hydrogen (secondary N) is 1. The Morgan fingerprint density at radius 3 is 2.71 bits per heavy atom. The second kappa shape index (κ2) is 7.75. The van der Waals surface area contributed by atoms with Crippen molar-refractivity contribution in [2.24, 2.45) is 7.05 Å². The molecule has 148 valence electrons. The van der Waals surface area contributed by atoms with Gasteiger partial charge in [0.05, 0.1) is 11.3 Å². The quantitative estimate of drug-likeness (QED) is 0.699. The monoisotopic (exact) mass is 393 g/mol. The molecule has 0 fully saturated rings. The molecule has 1 amide bonds. The molecule has 0 spiro atoms. The molecule has 0 aliphatic carbocycles. The average Bonchev–Trinajstić information content (AvgIpc) is 3.23. The van der Waals surface area contributed by atoms with Crippen molar-refractivity contribution < 1.29 is 22.7 Å². The molecule has 0 saturated carbocycles. The van der Waals surface area contributed by atoms with E-state index in [1.165, 1.54) is 29.1 Å². The highest BCUT2D eigenvalue weighted by atomic mass is 19.4. The minimum Gasteiger partial charge on any atom is -0.471 e. The van der Waals surface area contributed by atoms with Gasteiger partial charge in [0, 0.05) is 31.5 Å². The Hall–Kier alpha value is -3.30. The molecule has 3 aromatic rings. The number of alkyl halides is 3. The van der Waals surface area contributed by atoms with Crippen LogP contribution < -0.4 is 10.1 Å². The molecule has 10 heteroatoms. The zero-order valence-corrected chi connectivity index (χ0v) is 15.2. The van der Waals surface area contributed by atoms with Crippen LogP contribution in [0.1, 0.15) is 27.3 Å². The standard InChI is InChI=1S/C18H18F3N5O2/c1-12-13(10-25(2)23-12)9-22-17(27)16-6-7-26(24-16)11-28-15-5-3-4-14(8-15)18(19,20)21/h3-8,10H,9,11H2,1-2H3,(H,22,27). The number of ether oxygens (including phenoxy) is 1. The smallest absolute Gasteiger partial charge is 0.416 e. The summed E-state index contributed by atoms with van der Waals surface area (Å²) in [6, 6.07) is 6.06. The zero-order valence-electron chi connectivity index (χ0n) is 15.2. The number of nitrogens with zero attached hydrogens (tertiary/aromatic N) is 4. The van der Waals surface area contributed by atoms with E-state index in [2.05, 4.69) is 15.5 Å². The summed E-state index contributed by atoms with van der Waals surface area (Å²) >= 11 is 0. The molecule has 0 atom stereocenters. The predicted molar refractivity (Wildman–Crippen MR) is 93.4 cm³/mol. The summed E-state index contributed by atoms with van der Waals surface area (Å²) in [6.07, 6.45) is -1.11. The van der Waals surface area contributed by atoms with E-state index in [4.69, 9.17) is 4.74 Å². The first-order valence-electron chi connectivity index (χ1n) is 8.33. The summed E-state index contributed by atoms with van der Waals surface area (Å²) in [4.78, 5) is 12.2. The Morgan fingerprint density at radius 1 is 1.25 bits per heavy atom. The maximum atomic E-state index is 12.7. The molecule has 1 aromatic carbocycles. The van der Waals surface area contributed by atoms with Gasteiger partial charge in [0.15, 0.2) is 6.73 Å². The molecule has 2 heterocycles. The third-order valence-corrected chi connectivity index (χ3v) is 3.95. The van der Waals surface area contributed by atoms with Crippen molar-refractivity contribution in [3.8, 4) is 5.75 Å². The fourth-order valence-electron chi connectivity index (χ4n) is 2.55. The Morgan fingerprint density at radius 2 is 2.04 bits per heavy atom. The van der Waals surface area contributed by atoms with Crippen LogP contribution in [0.15, 0.2) is 42.7 Å². The van der Waals surface area contributed by atoms with Crippen molar-refractivity contribution in [2.45, 2.75) is 26.4 Å². The van der Waals surface area contributed by atoms with E-state index < -0.39 is 11.7 Å². The van der Waals surface area contributed by atoms with Gasteiger partial charge in [0.2, 0.25) is 0 Å². The highest BCUT2D eigenvalue weighted by Crippen LogP contribution is 2.31. The minimum atomic E-state index is -4.44. The lowest BCUT2D eigenvalue weighted by Gasteiger charge is -2.10. The van der Waals surface area contributed by atoms with Gasteiger partial charge in [-0.05, 0) is 31.2 Å². The van der Waals surface area contributed by atoms with Crippen LogP contribution in [0, 0.1) is 6.92 Å². The number of carbonyl (C=O) groups excluding carboxylic acids is 1. The van der Waals surface area contributed by atoms with Gasteiger partial charge < -0.3 is 10.1 Å². The fraction of sp³-hybridized carbons (Fsp3) is 0.278. The van der Waals surface area contributed by atoms with E-state index in [0.29, 0.717) is 6.54 Å². The number of hydrogen-bond acceptors (Lipinski definition) is 4. The van der Waals surface area contributed by atoms with E-state index in [0.717, 1.165) is 23.4 Å². The first kappa shape index (κ1) is 19.5. The third-order valence-electron chi connectivity index (χ3n) is 3.95. The van der Waals surface area contributed by atoms with Gasteiger partial charge in [-0.3, -0.25) is 9.48 Å². The van der Waals surface area contributed by atoms with Crippen molar-refractivity contribution >= 4 is 5.91 Å². The molecule has 0 bridgehead atoms. The Labute approximate surface area is 158 Å². The second-order valence-electron chi connectivity index (χ2n) is 6.14. The molecule has 0 radical (unpaired) electrons. The lowest BCUT2D eigenvalue weighted by molar-refractivity contribution is -0.137. The number of hydrogen-bond donors (Lipinski definition) is 1. The highest BCUT2D eigenvalue weighted by molar-refractivity contribution is 5.92. The van der Waals surface area contributed by atoms with Crippen molar-refractivity contribution in [2.75, 3.05) is 0 Å². The van der Waals surface area contributed by atoms with E-state index in [1.54, 1.807) is 11.7 Å². The maximum absolute atomic E-state index is 12.7. The summed E-state index contributed by atoms with van der Waals surface area (Å²) in [6.45, 7) is 2.03. The van der Waals surface area contributed by atoms with E-state index in [9.17, 15) is 18.0 Å². The number of aryl methyl sites for hydroxylation is 2. The highest BCUT2D eigenvalue weighted by Gasteiger charge is 2.30. The number of halogens is 3. The van der Waals surface area contributed by atoms with Crippen LogP contribution >= 0.6 is 0 Å². The molecule has 2 aromatic heterocycles. The van der Waals surface area contributed by atoms with Crippen molar-refractivity contribution in [1.82, 2.24) is 24.9 Å². The molecule has 0 saturated heterocycles. The first-order valence-corrected chi connectivity index (χ1v) is 8.33. The largest absolute Gasteiger partial charge is 0.471 e. The first-order chi connectivity index (χ1) is 13.2. The van der Waals surface area contributed by atoms with Crippen LogP contribution in [0.5, 0.6) is 5.75 Å². The summed E-state index contributed by atoms with van der Waals surface area (Å²) in [5.41, 5.74) is 1.09. The molecule has 0 aliphatic rings. The Bertz CT molecular complexity index is 978. The molecule has 0 aliphatic heterocycles. The van der Waals surface area contributed by atoms with E-state index in [1.807, 2.05) is 13.1 Å². The molecule has 0 unspecified atom stereocenters. The molecular formula is C18H18F3N5O2. The van der Waals surface area contributed by atoms with Crippen LogP contribution in [0.3, 0.4) is 0 Å². The van der Waals surface area contributed by atoms with Gasteiger partial charge in [-0.2, -0.15) is 23.4 Å². The number of rotatable bonds is 6. The van der Waals surface area contributed by atoms with Gasteiger partial charge in [0.25, 0.3) is 5.91 Å². The molecule has 28 heavy (non-hydrogen) atoms. The molecular weight excluding hydrogens is 375 g/mol. The van der Waals surface area contributed by atoms with Gasteiger partial charge in [-0.15, -0.1) is 0 Å². The predicted octanol–water partition coefficient (Wildman–Crippen LogP) is 2.91. The average molecular weight is 393 g/mol. The molecule has 7 nitrogen and oxygen atoms in total. The summed E-state index contributed by atoms with van der Waals surface area (Å²) in [5.74, 6) is -0.315. The van der Waals surface area contributed by atoms with Crippen LogP contribution in [0.4, 0.5) is 13.2 Å². The molecule has 3 rings (SSSR count). The van der Waals surface area contributed by atoms with Crippen molar-refractivity contribution in [3.63, 3.8) is 0 Å².